The lowest BCUT2D eigenvalue weighted by Crippen LogP contribution is -2.29. The summed E-state index contributed by atoms with van der Waals surface area (Å²) < 4.78 is 19.0. The Labute approximate surface area is 156 Å². The molecule has 2 rings (SSSR count). The lowest BCUT2D eigenvalue weighted by molar-refractivity contribution is -0.120. The van der Waals surface area contributed by atoms with Crippen molar-refractivity contribution in [2.45, 2.75) is 6.42 Å². The summed E-state index contributed by atoms with van der Waals surface area (Å²) in [6, 6.07) is 12.9. The van der Waals surface area contributed by atoms with Crippen LogP contribution in [0.15, 0.2) is 66.3 Å². The van der Waals surface area contributed by atoms with E-state index in [1.807, 2.05) is 12.1 Å². The van der Waals surface area contributed by atoms with E-state index in [1.165, 1.54) is 24.4 Å². The average molecular weight is 369 g/mol. The maximum absolute atomic E-state index is 13.5. The van der Waals surface area contributed by atoms with Gasteiger partial charge in [0.05, 0.1) is 11.8 Å². The number of ether oxygens (including phenoxy) is 1. The fourth-order valence-corrected chi connectivity index (χ4v) is 2.13. The van der Waals surface area contributed by atoms with Crippen molar-refractivity contribution in [3.63, 3.8) is 0 Å². The number of carbonyl (C=O) groups is 2. The van der Waals surface area contributed by atoms with Gasteiger partial charge in [-0.15, -0.1) is 0 Å². The fourth-order valence-electron chi connectivity index (χ4n) is 2.13. The van der Waals surface area contributed by atoms with Gasteiger partial charge in [-0.25, -0.2) is 9.82 Å². The Kier molecular flexibility index (Phi) is 7.71. The first-order chi connectivity index (χ1) is 13.1. The van der Waals surface area contributed by atoms with E-state index in [1.54, 1.807) is 24.3 Å². The summed E-state index contributed by atoms with van der Waals surface area (Å²) in [5.41, 5.74) is 3.01. The van der Waals surface area contributed by atoms with Gasteiger partial charge < -0.3 is 10.1 Å². The molecule has 2 amide bonds. The highest BCUT2D eigenvalue weighted by Gasteiger charge is 2.10. The molecule has 0 aromatic heterocycles. The average Bonchev–Trinajstić information content (AvgIpc) is 2.67. The summed E-state index contributed by atoms with van der Waals surface area (Å²) in [5, 5.41) is 6.37. The Balaban J connectivity index is 1.78. The number of hydrogen-bond donors (Lipinski definition) is 2. The molecule has 2 aromatic rings. The van der Waals surface area contributed by atoms with Crippen LogP contribution in [-0.4, -0.2) is 31.2 Å². The molecule has 2 aromatic carbocycles. The second kappa shape index (κ2) is 10.5. The highest BCUT2D eigenvalue weighted by molar-refractivity contribution is 5.94. The molecule has 0 atom stereocenters. The molecular formula is C20H20FN3O3. The molecule has 0 aliphatic heterocycles. The molecule has 0 saturated carbocycles. The number of hydrogen-bond acceptors (Lipinski definition) is 4. The van der Waals surface area contributed by atoms with E-state index in [0.717, 1.165) is 0 Å². The van der Waals surface area contributed by atoms with E-state index in [0.29, 0.717) is 17.9 Å². The molecule has 0 heterocycles. The minimum absolute atomic E-state index is 0.00609. The van der Waals surface area contributed by atoms with Gasteiger partial charge in [-0.2, -0.15) is 5.10 Å². The molecule has 0 spiro atoms. The van der Waals surface area contributed by atoms with Crippen molar-refractivity contribution >= 4 is 18.0 Å². The van der Waals surface area contributed by atoms with Gasteiger partial charge in [-0.05, 0) is 24.3 Å². The number of amides is 2. The molecule has 27 heavy (non-hydrogen) atoms. The molecule has 0 aliphatic carbocycles. The molecule has 0 aliphatic rings. The summed E-state index contributed by atoms with van der Waals surface area (Å²) in [4.78, 5) is 23.6. The Bertz CT molecular complexity index is 837. The van der Waals surface area contributed by atoms with Crippen molar-refractivity contribution in [1.82, 2.24) is 10.7 Å². The predicted molar refractivity (Wildman–Crippen MR) is 101 cm³/mol. The zero-order valence-electron chi connectivity index (χ0n) is 14.7. The lowest BCUT2D eigenvalue weighted by Gasteiger charge is -2.06. The molecule has 7 heteroatoms. The minimum atomic E-state index is -0.610. The van der Waals surface area contributed by atoms with Gasteiger partial charge in [0.2, 0.25) is 5.91 Å². The van der Waals surface area contributed by atoms with Crippen LogP contribution in [0, 0.1) is 5.82 Å². The van der Waals surface area contributed by atoms with Gasteiger partial charge in [0, 0.05) is 18.5 Å². The molecule has 0 radical (unpaired) electrons. The number of nitrogens with zero attached hydrogens (tertiary/aromatic N) is 1. The number of benzene rings is 2. The molecule has 0 fully saturated rings. The second-order valence-electron chi connectivity index (χ2n) is 5.42. The predicted octanol–water partition coefficient (Wildman–Crippen LogP) is 2.66. The fraction of sp³-hybridized carbons (Fsp3) is 0.150. The van der Waals surface area contributed by atoms with Gasteiger partial charge in [-0.3, -0.25) is 9.59 Å². The van der Waals surface area contributed by atoms with Crippen molar-refractivity contribution in [2.24, 2.45) is 5.10 Å². The number of carbonyl (C=O) groups excluding carboxylic acids is 2. The first-order valence-electron chi connectivity index (χ1n) is 8.29. The van der Waals surface area contributed by atoms with Crippen LogP contribution >= 0.6 is 0 Å². The molecule has 6 nitrogen and oxygen atoms in total. The van der Waals surface area contributed by atoms with Crippen LogP contribution in [-0.2, 0) is 4.79 Å². The van der Waals surface area contributed by atoms with Crippen LogP contribution in [0.4, 0.5) is 4.39 Å². The van der Waals surface area contributed by atoms with Crippen molar-refractivity contribution < 1.29 is 18.7 Å². The first-order valence-corrected chi connectivity index (χ1v) is 8.29. The van der Waals surface area contributed by atoms with Crippen LogP contribution in [0.1, 0.15) is 22.3 Å². The number of nitrogens with one attached hydrogen (secondary N) is 2. The van der Waals surface area contributed by atoms with Crippen LogP contribution < -0.4 is 15.5 Å². The van der Waals surface area contributed by atoms with Crippen molar-refractivity contribution in [2.75, 3.05) is 13.2 Å². The van der Waals surface area contributed by atoms with Gasteiger partial charge >= 0.3 is 0 Å². The zero-order chi connectivity index (χ0) is 19.5. The molecule has 0 unspecified atom stereocenters. The minimum Gasteiger partial charge on any atom is -0.489 e. The quantitative estimate of drug-likeness (QED) is 0.405. The number of halogens is 1. The highest BCUT2D eigenvalue weighted by atomic mass is 19.1. The normalized spacial score (nSPS) is 10.4. The van der Waals surface area contributed by atoms with E-state index in [9.17, 15) is 14.0 Å². The van der Waals surface area contributed by atoms with Crippen LogP contribution in [0.25, 0.3) is 0 Å². The Morgan fingerprint density at radius 1 is 1.15 bits per heavy atom. The third-order valence-electron chi connectivity index (χ3n) is 3.42. The summed E-state index contributed by atoms with van der Waals surface area (Å²) >= 11 is 0. The van der Waals surface area contributed by atoms with Crippen LogP contribution in [0.3, 0.4) is 0 Å². The standard InChI is InChI=1S/C20H20FN3O3/c1-2-13-27-18-10-6-3-7-15(18)14-23-24-19(25)11-12-22-20(26)16-8-4-5-9-17(16)21/h2-10,14H,1,11-13H2,(H,22,26)(H,24,25). The van der Waals surface area contributed by atoms with Gasteiger partial charge in [0.15, 0.2) is 0 Å². The molecule has 0 bridgehead atoms. The number of rotatable bonds is 9. The highest BCUT2D eigenvalue weighted by Crippen LogP contribution is 2.15. The van der Waals surface area contributed by atoms with Gasteiger partial charge in [-0.1, -0.05) is 36.9 Å². The van der Waals surface area contributed by atoms with Crippen LogP contribution in [0.5, 0.6) is 5.75 Å². The van der Waals surface area contributed by atoms with E-state index in [-0.39, 0.29) is 24.4 Å². The Hall–Kier alpha value is -3.48. The Morgan fingerprint density at radius 2 is 1.89 bits per heavy atom. The third-order valence-corrected chi connectivity index (χ3v) is 3.42. The molecule has 140 valence electrons. The molecular weight excluding hydrogens is 349 g/mol. The first kappa shape index (κ1) is 19.8. The zero-order valence-corrected chi connectivity index (χ0v) is 14.7. The van der Waals surface area contributed by atoms with E-state index >= 15 is 0 Å². The number of hydrazone groups is 1. The van der Waals surface area contributed by atoms with E-state index < -0.39 is 11.7 Å². The third kappa shape index (κ3) is 6.39. The smallest absolute Gasteiger partial charge is 0.254 e. The lowest BCUT2D eigenvalue weighted by atomic mass is 10.2. The van der Waals surface area contributed by atoms with Gasteiger partial charge in [0.25, 0.3) is 5.91 Å². The maximum atomic E-state index is 13.5. The van der Waals surface area contributed by atoms with E-state index in [4.69, 9.17) is 4.74 Å². The summed E-state index contributed by atoms with van der Waals surface area (Å²) in [5.74, 6) is -0.948. The Morgan fingerprint density at radius 3 is 2.67 bits per heavy atom. The van der Waals surface area contributed by atoms with Crippen LogP contribution in [0.2, 0.25) is 0 Å². The molecule has 0 saturated heterocycles. The van der Waals surface area contributed by atoms with Crippen molar-refractivity contribution in [3.05, 3.63) is 78.1 Å². The van der Waals surface area contributed by atoms with Crippen molar-refractivity contribution in [3.8, 4) is 5.75 Å². The SMILES string of the molecule is C=CCOc1ccccc1C=NNC(=O)CCNC(=O)c1ccccc1F. The summed E-state index contributed by atoms with van der Waals surface area (Å²) in [6.45, 7) is 4.01. The summed E-state index contributed by atoms with van der Waals surface area (Å²) in [6.07, 6.45) is 3.10. The number of para-hydroxylation sites is 1. The second-order valence-corrected chi connectivity index (χ2v) is 5.42. The summed E-state index contributed by atoms with van der Waals surface area (Å²) in [7, 11) is 0. The monoisotopic (exact) mass is 369 g/mol. The van der Waals surface area contributed by atoms with E-state index in [2.05, 4.69) is 22.4 Å². The largest absolute Gasteiger partial charge is 0.489 e. The maximum Gasteiger partial charge on any atom is 0.254 e. The van der Waals surface area contributed by atoms with Crippen molar-refractivity contribution in [1.29, 1.82) is 0 Å². The molecule has 2 N–H and O–H groups in total. The topological polar surface area (TPSA) is 79.8 Å². The van der Waals surface area contributed by atoms with Gasteiger partial charge in [0.1, 0.15) is 18.2 Å².